The number of likely N-dealkylation sites (N-methyl/N-ethyl adjacent to an activating group) is 1. The number of hydrogen-bond acceptors (Lipinski definition) is 7. The van der Waals surface area contributed by atoms with E-state index < -0.39 is 32.5 Å². The summed E-state index contributed by atoms with van der Waals surface area (Å²) in [4.78, 5) is 34.9. The van der Waals surface area contributed by atoms with Crippen LogP contribution in [-0.2, 0) is 32.7 Å². The van der Waals surface area contributed by atoms with Crippen LogP contribution in [0.5, 0.6) is 0 Å². The van der Waals surface area contributed by atoms with Crippen LogP contribution < -0.4 is 0 Å². The van der Waals surface area contributed by atoms with Crippen molar-refractivity contribution in [2.45, 2.75) is 135 Å². The lowest BCUT2D eigenvalue weighted by atomic mass is 10.1. The van der Waals surface area contributed by atoms with Gasteiger partial charge in [0.05, 0.1) is 27.7 Å². The Morgan fingerprint density at radius 1 is 0.682 bits per heavy atom. The molecule has 0 saturated heterocycles. The molecule has 2 unspecified atom stereocenters. The largest absolute Gasteiger partial charge is 0.472 e. The van der Waals surface area contributed by atoms with Gasteiger partial charge in [-0.05, 0) is 25.7 Å². The average Bonchev–Trinajstić information content (AvgIpc) is 2.95. The number of ether oxygens (including phenoxy) is 2. The van der Waals surface area contributed by atoms with E-state index in [9.17, 15) is 19.0 Å². The Kier molecular flexibility index (Phi) is 26.3. The maximum Gasteiger partial charge on any atom is 0.472 e. The number of carbonyl (C=O) groups is 2. The molecule has 0 bridgehead atoms. The van der Waals surface area contributed by atoms with Crippen molar-refractivity contribution in [3.8, 4) is 24.7 Å². The Labute approximate surface area is 268 Å². The van der Waals surface area contributed by atoms with Crippen molar-refractivity contribution < 1.29 is 42.1 Å². The number of rotatable bonds is 30. The highest BCUT2D eigenvalue weighted by molar-refractivity contribution is 7.47. The van der Waals surface area contributed by atoms with Gasteiger partial charge in [0.25, 0.3) is 0 Å². The second-order valence-electron chi connectivity index (χ2n) is 12.5. The zero-order valence-corrected chi connectivity index (χ0v) is 28.8. The fraction of sp³-hybridized carbons (Fsp3) is 0.824. The first-order valence-electron chi connectivity index (χ1n) is 16.6. The van der Waals surface area contributed by atoms with E-state index in [1.807, 2.05) is 21.1 Å². The van der Waals surface area contributed by atoms with Crippen LogP contribution in [0.25, 0.3) is 0 Å². The lowest BCUT2D eigenvalue weighted by Crippen LogP contribution is -2.37. The number of phosphoric acid groups is 1. The molecule has 0 aliphatic carbocycles. The summed E-state index contributed by atoms with van der Waals surface area (Å²) < 4.78 is 33.9. The van der Waals surface area contributed by atoms with Crippen LogP contribution in [0.1, 0.15) is 128 Å². The molecule has 2 atom stereocenters. The van der Waals surface area contributed by atoms with E-state index in [-0.39, 0.29) is 26.1 Å². The number of terminal acetylenes is 2. The molecule has 254 valence electrons. The van der Waals surface area contributed by atoms with E-state index in [1.165, 1.54) is 19.3 Å². The molecule has 0 spiro atoms. The van der Waals surface area contributed by atoms with Crippen molar-refractivity contribution in [2.75, 3.05) is 47.5 Å². The van der Waals surface area contributed by atoms with Gasteiger partial charge in [0.2, 0.25) is 0 Å². The van der Waals surface area contributed by atoms with Crippen molar-refractivity contribution in [1.82, 2.24) is 0 Å². The first-order chi connectivity index (χ1) is 21.0. The standard InChI is InChI=1S/C34H60NO8P/c1-6-8-10-12-14-16-18-20-22-24-26-33(36)40-30-32(31-42-44(38,39)41-29-28-35(3,4)5)43-34(37)27-25-23-21-19-17-15-13-11-9-7-2/h1-2,32H,8-31H2,3-5H3/p+1. The van der Waals surface area contributed by atoms with E-state index in [1.54, 1.807) is 0 Å². The minimum absolute atomic E-state index is 0.0212. The highest BCUT2D eigenvalue weighted by Gasteiger charge is 2.27. The topological polar surface area (TPSA) is 108 Å². The first kappa shape index (κ1) is 42.1. The molecule has 0 radical (unpaired) electrons. The van der Waals surface area contributed by atoms with Gasteiger partial charge in [-0.25, -0.2) is 4.57 Å². The molecular weight excluding hydrogens is 581 g/mol. The van der Waals surface area contributed by atoms with Crippen molar-refractivity contribution in [3.63, 3.8) is 0 Å². The van der Waals surface area contributed by atoms with Gasteiger partial charge < -0.3 is 18.9 Å². The van der Waals surface area contributed by atoms with Crippen molar-refractivity contribution in [1.29, 1.82) is 0 Å². The molecule has 1 N–H and O–H groups in total. The number of phosphoric ester groups is 1. The Morgan fingerprint density at radius 3 is 1.57 bits per heavy atom. The molecule has 0 aromatic heterocycles. The second-order valence-corrected chi connectivity index (χ2v) is 13.9. The lowest BCUT2D eigenvalue weighted by molar-refractivity contribution is -0.870. The number of carbonyl (C=O) groups excluding carboxylic acids is 2. The summed E-state index contributed by atoms with van der Waals surface area (Å²) in [6.07, 6.45) is 28.4. The average molecular weight is 643 g/mol. The summed E-state index contributed by atoms with van der Waals surface area (Å²) in [7, 11) is 1.43. The maximum atomic E-state index is 12.5. The summed E-state index contributed by atoms with van der Waals surface area (Å²) >= 11 is 0. The van der Waals surface area contributed by atoms with Crippen LogP contribution in [0.3, 0.4) is 0 Å². The maximum absolute atomic E-state index is 12.5. The van der Waals surface area contributed by atoms with Crippen molar-refractivity contribution >= 4 is 19.8 Å². The third kappa shape index (κ3) is 30.2. The number of nitrogens with zero attached hydrogens (tertiary/aromatic N) is 1. The van der Waals surface area contributed by atoms with Gasteiger partial charge in [0.15, 0.2) is 6.10 Å². The summed E-state index contributed by atoms with van der Waals surface area (Å²) in [6, 6.07) is 0. The molecule has 0 aliphatic rings. The summed E-state index contributed by atoms with van der Waals surface area (Å²) in [5.41, 5.74) is 0. The SMILES string of the molecule is C#CCCCCCCCCCCC(=O)OCC(COP(=O)(O)OCC[N+](C)(C)C)OC(=O)CCCCCCCCCCC#C. The van der Waals surface area contributed by atoms with Gasteiger partial charge in [-0.3, -0.25) is 18.6 Å². The number of hydrogen-bond donors (Lipinski definition) is 1. The molecular formula is C34H61NO8P+. The molecule has 0 rings (SSSR count). The first-order valence-corrected chi connectivity index (χ1v) is 18.1. The van der Waals surface area contributed by atoms with E-state index in [4.69, 9.17) is 31.4 Å². The van der Waals surface area contributed by atoms with Crippen LogP contribution in [0, 0.1) is 24.7 Å². The molecule has 0 aromatic carbocycles. The molecule has 0 heterocycles. The Morgan fingerprint density at radius 2 is 1.11 bits per heavy atom. The highest BCUT2D eigenvalue weighted by atomic mass is 31.2. The summed E-state index contributed by atoms with van der Waals surface area (Å²) in [5, 5.41) is 0. The zero-order valence-electron chi connectivity index (χ0n) is 27.9. The van der Waals surface area contributed by atoms with Gasteiger partial charge in [-0.1, -0.05) is 77.0 Å². The van der Waals surface area contributed by atoms with Crippen LogP contribution in [-0.4, -0.2) is 74.9 Å². The van der Waals surface area contributed by atoms with Crippen LogP contribution in [0.2, 0.25) is 0 Å². The van der Waals surface area contributed by atoms with Crippen LogP contribution in [0.4, 0.5) is 0 Å². The highest BCUT2D eigenvalue weighted by Crippen LogP contribution is 2.43. The number of esters is 2. The molecule has 44 heavy (non-hydrogen) atoms. The van der Waals surface area contributed by atoms with Gasteiger partial charge in [0, 0.05) is 25.7 Å². The third-order valence-corrected chi connectivity index (χ3v) is 8.06. The molecule has 10 heteroatoms. The Hall–Kier alpha value is -1.87. The van der Waals surface area contributed by atoms with Crippen LogP contribution >= 0.6 is 7.82 Å². The fourth-order valence-corrected chi connectivity index (χ4v) is 5.12. The number of quaternary nitrogens is 1. The van der Waals surface area contributed by atoms with E-state index in [0.29, 0.717) is 23.9 Å². The van der Waals surface area contributed by atoms with Crippen molar-refractivity contribution in [3.05, 3.63) is 0 Å². The van der Waals surface area contributed by atoms with Crippen molar-refractivity contribution in [2.24, 2.45) is 0 Å². The van der Waals surface area contributed by atoms with E-state index in [0.717, 1.165) is 83.5 Å². The smallest absolute Gasteiger partial charge is 0.462 e. The normalized spacial score (nSPS) is 13.4. The lowest BCUT2D eigenvalue weighted by Gasteiger charge is -2.24. The molecule has 0 saturated carbocycles. The van der Waals surface area contributed by atoms with E-state index >= 15 is 0 Å². The second kappa shape index (κ2) is 27.4. The zero-order chi connectivity index (χ0) is 32.9. The third-order valence-electron chi connectivity index (χ3n) is 7.07. The Bertz CT molecular complexity index is 874. The molecule has 0 amide bonds. The molecule has 0 aromatic rings. The molecule has 0 aliphatic heterocycles. The molecule has 0 fully saturated rings. The minimum atomic E-state index is -4.37. The van der Waals surface area contributed by atoms with Gasteiger partial charge in [0.1, 0.15) is 19.8 Å². The van der Waals surface area contributed by atoms with E-state index in [2.05, 4.69) is 11.8 Å². The quantitative estimate of drug-likeness (QED) is 0.0285. The predicted octanol–water partition coefficient (Wildman–Crippen LogP) is 7.35. The minimum Gasteiger partial charge on any atom is -0.462 e. The number of unbranched alkanes of at least 4 members (excludes halogenated alkanes) is 16. The molecule has 9 nitrogen and oxygen atoms in total. The Balaban J connectivity index is 4.49. The summed E-state index contributed by atoms with van der Waals surface area (Å²) in [5.74, 6) is 4.47. The summed E-state index contributed by atoms with van der Waals surface area (Å²) in [6.45, 7) is -0.144. The van der Waals surface area contributed by atoms with Crippen LogP contribution in [0.15, 0.2) is 0 Å². The van der Waals surface area contributed by atoms with Gasteiger partial charge in [-0.15, -0.1) is 24.7 Å². The fourth-order valence-electron chi connectivity index (χ4n) is 4.38. The predicted molar refractivity (Wildman–Crippen MR) is 175 cm³/mol. The van der Waals surface area contributed by atoms with Gasteiger partial charge >= 0.3 is 19.8 Å². The van der Waals surface area contributed by atoms with Gasteiger partial charge in [-0.2, -0.15) is 0 Å². The monoisotopic (exact) mass is 642 g/mol.